The molecule has 114 valence electrons. The Hall–Kier alpha value is -1.96. The second-order valence-electron chi connectivity index (χ2n) is 4.44. The Bertz CT molecular complexity index is 551. The van der Waals surface area contributed by atoms with Crippen LogP contribution < -0.4 is 9.64 Å². The van der Waals surface area contributed by atoms with Gasteiger partial charge in [0, 0.05) is 18.1 Å². The molecule has 1 aliphatic rings. The average molecular weight is 312 g/mol. The molecule has 0 saturated carbocycles. The molecule has 1 saturated heterocycles. The highest BCUT2D eigenvalue weighted by Crippen LogP contribution is 2.39. The molecule has 1 N–H and O–H groups in total. The van der Waals surface area contributed by atoms with Crippen molar-refractivity contribution in [1.29, 1.82) is 0 Å². The minimum absolute atomic E-state index is 0.169. The first-order chi connectivity index (χ1) is 10.1. The maximum absolute atomic E-state index is 11.4. The molecule has 0 aromatic heterocycles. The Labute approximate surface area is 126 Å². The highest BCUT2D eigenvalue weighted by molar-refractivity contribution is 7.99. The summed E-state index contributed by atoms with van der Waals surface area (Å²) in [6.45, 7) is 2.51. The molecular weight excluding hydrogens is 296 g/mol. The van der Waals surface area contributed by atoms with Gasteiger partial charge < -0.3 is 14.7 Å². The maximum Gasteiger partial charge on any atom is 0.333 e. The molecule has 0 amide bonds. The number of anilines is 1. The standard InChI is InChI=1S/C13H16N2O5S/c1-2-20-11-5-3-4-9(12(11)15(18)19)14-6-7-21-8-10(14)13(16)17/h3-5,10H,2,6-8H2,1H3,(H,16,17). The predicted molar refractivity (Wildman–Crippen MR) is 80.4 cm³/mol. The van der Waals surface area contributed by atoms with Gasteiger partial charge in [-0.15, -0.1) is 0 Å². The van der Waals surface area contributed by atoms with Crippen LogP contribution >= 0.6 is 11.8 Å². The van der Waals surface area contributed by atoms with Gasteiger partial charge in [-0.3, -0.25) is 10.1 Å². The van der Waals surface area contributed by atoms with Crippen LogP contribution in [-0.2, 0) is 4.79 Å². The van der Waals surface area contributed by atoms with E-state index in [0.717, 1.165) is 5.75 Å². The number of para-hydroxylation sites is 1. The van der Waals surface area contributed by atoms with E-state index in [2.05, 4.69) is 0 Å². The summed E-state index contributed by atoms with van der Waals surface area (Å²) < 4.78 is 5.30. The second kappa shape index (κ2) is 6.66. The van der Waals surface area contributed by atoms with Crippen LogP contribution in [0.5, 0.6) is 5.75 Å². The number of rotatable bonds is 5. The van der Waals surface area contributed by atoms with Gasteiger partial charge in [-0.1, -0.05) is 6.07 Å². The van der Waals surface area contributed by atoms with E-state index >= 15 is 0 Å². The Balaban J connectivity index is 2.48. The highest BCUT2D eigenvalue weighted by Gasteiger charge is 2.34. The monoisotopic (exact) mass is 312 g/mol. The molecule has 0 radical (unpaired) electrons. The number of hydrogen-bond donors (Lipinski definition) is 1. The molecule has 1 aromatic carbocycles. The lowest BCUT2D eigenvalue weighted by Crippen LogP contribution is -2.47. The number of hydrogen-bond acceptors (Lipinski definition) is 6. The van der Waals surface area contributed by atoms with Crippen LogP contribution in [0.1, 0.15) is 6.92 Å². The SMILES string of the molecule is CCOc1cccc(N2CCSCC2C(=O)O)c1[N+](=O)[O-]. The van der Waals surface area contributed by atoms with Crippen LogP contribution in [0.25, 0.3) is 0 Å². The first-order valence-corrected chi connectivity index (χ1v) is 7.69. The number of carboxylic acid groups (broad SMARTS) is 1. The number of carboxylic acids is 1. The van der Waals surface area contributed by atoms with Crippen molar-refractivity contribution in [2.45, 2.75) is 13.0 Å². The van der Waals surface area contributed by atoms with Gasteiger partial charge in [0.1, 0.15) is 11.7 Å². The van der Waals surface area contributed by atoms with Crippen LogP contribution in [0, 0.1) is 10.1 Å². The molecule has 21 heavy (non-hydrogen) atoms. The van der Waals surface area contributed by atoms with E-state index in [1.165, 1.54) is 17.8 Å². The molecular formula is C13H16N2O5S. The summed E-state index contributed by atoms with van der Waals surface area (Å²) in [5.41, 5.74) is 0.135. The van der Waals surface area contributed by atoms with Gasteiger partial charge in [-0.05, 0) is 19.1 Å². The molecule has 7 nitrogen and oxygen atoms in total. The highest BCUT2D eigenvalue weighted by atomic mass is 32.2. The Kier molecular flexibility index (Phi) is 4.89. The first kappa shape index (κ1) is 15.4. The van der Waals surface area contributed by atoms with Crippen molar-refractivity contribution in [3.8, 4) is 5.75 Å². The van der Waals surface area contributed by atoms with Crippen molar-refractivity contribution in [2.24, 2.45) is 0 Å². The topological polar surface area (TPSA) is 92.9 Å². The molecule has 1 unspecified atom stereocenters. The molecule has 2 rings (SSSR count). The number of nitrogens with zero attached hydrogens (tertiary/aromatic N) is 2. The van der Waals surface area contributed by atoms with Gasteiger partial charge in [-0.25, -0.2) is 4.79 Å². The van der Waals surface area contributed by atoms with Crippen LogP contribution in [0.15, 0.2) is 18.2 Å². The summed E-state index contributed by atoms with van der Waals surface area (Å²) in [5, 5.41) is 20.7. The van der Waals surface area contributed by atoms with Gasteiger partial charge >= 0.3 is 11.7 Å². The van der Waals surface area contributed by atoms with Gasteiger partial charge in [0.25, 0.3) is 0 Å². The van der Waals surface area contributed by atoms with E-state index in [0.29, 0.717) is 24.6 Å². The van der Waals surface area contributed by atoms with Crippen molar-refractivity contribution >= 4 is 29.1 Å². The Morgan fingerprint density at radius 1 is 1.62 bits per heavy atom. The fraction of sp³-hybridized carbons (Fsp3) is 0.462. The summed E-state index contributed by atoms with van der Waals surface area (Å²) in [6.07, 6.45) is 0. The fourth-order valence-corrected chi connectivity index (χ4v) is 3.33. The summed E-state index contributed by atoms with van der Waals surface area (Å²) in [4.78, 5) is 23.8. The van der Waals surface area contributed by atoms with Crippen molar-refractivity contribution in [2.75, 3.05) is 29.6 Å². The van der Waals surface area contributed by atoms with Gasteiger partial charge in [0.2, 0.25) is 0 Å². The van der Waals surface area contributed by atoms with Gasteiger partial charge in [0.05, 0.1) is 11.5 Å². The lowest BCUT2D eigenvalue weighted by atomic mass is 10.1. The fourth-order valence-electron chi connectivity index (χ4n) is 2.29. The molecule has 0 aliphatic carbocycles. The minimum atomic E-state index is -0.974. The summed E-state index contributed by atoms with van der Waals surface area (Å²) in [6, 6.07) is 3.99. The molecule has 1 heterocycles. The van der Waals surface area contributed by atoms with E-state index in [4.69, 9.17) is 4.74 Å². The zero-order chi connectivity index (χ0) is 15.4. The lowest BCUT2D eigenvalue weighted by molar-refractivity contribution is -0.385. The molecule has 1 atom stereocenters. The van der Waals surface area contributed by atoms with Crippen molar-refractivity contribution < 1.29 is 19.6 Å². The average Bonchev–Trinajstić information content (AvgIpc) is 2.47. The molecule has 0 bridgehead atoms. The maximum atomic E-state index is 11.4. The second-order valence-corrected chi connectivity index (χ2v) is 5.59. The number of ether oxygens (including phenoxy) is 1. The summed E-state index contributed by atoms with van der Waals surface area (Å²) in [5.74, 6) is 0.339. The van der Waals surface area contributed by atoms with E-state index in [1.807, 2.05) is 0 Å². The van der Waals surface area contributed by atoms with E-state index in [-0.39, 0.29) is 11.4 Å². The first-order valence-electron chi connectivity index (χ1n) is 6.53. The number of aliphatic carboxylic acids is 1. The van der Waals surface area contributed by atoms with Gasteiger partial charge in [-0.2, -0.15) is 11.8 Å². The number of nitro groups is 1. The quantitative estimate of drug-likeness (QED) is 0.656. The molecule has 1 aromatic rings. The number of nitro benzene ring substituents is 1. The van der Waals surface area contributed by atoms with Crippen LogP contribution in [0.2, 0.25) is 0 Å². The molecule has 0 spiro atoms. The minimum Gasteiger partial charge on any atom is -0.487 e. The molecule has 1 aliphatic heterocycles. The largest absolute Gasteiger partial charge is 0.487 e. The van der Waals surface area contributed by atoms with Crippen molar-refractivity contribution in [3.63, 3.8) is 0 Å². The Morgan fingerprint density at radius 3 is 3.00 bits per heavy atom. The van der Waals surface area contributed by atoms with E-state index in [1.54, 1.807) is 24.0 Å². The van der Waals surface area contributed by atoms with Crippen LogP contribution in [-0.4, -0.2) is 46.7 Å². The lowest BCUT2D eigenvalue weighted by Gasteiger charge is -2.34. The third-order valence-electron chi connectivity index (χ3n) is 3.18. The smallest absolute Gasteiger partial charge is 0.333 e. The van der Waals surface area contributed by atoms with Gasteiger partial charge in [0.15, 0.2) is 5.75 Å². The molecule has 1 fully saturated rings. The molecule has 8 heteroatoms. The van der Waals surface area contributed by atoms with E-state index < -0.39 is 16.9 Å². The third kappa shape index (κ3) is 3.21. The van der Waals surface area contributed by atoms with Crippen LogP contribution in [0.3, 0.4) is 0 Å². The summed E-state index contributed by atoms with van der Waals surface area (Å²) in [7, 11) is 0. The predicted octanol–water partition coefficient (Wildman–Crippen LogP) is 2.00. The normalized spacial score (nSPS) is 18.3. The Morgan fingerprint density at radius 2 is 2.38 bits per heavy atom. The number of carbonyl (C=O) groups is 1. The van der Waals surface area contributed by atoms with E-state index in [9.17, 15) is 20.0 Å². The van der Waals surface area contributed by atoms with Crippen molar-refractivity contribution in [1.82, 2.24) is 0 Å². The zero-order valence-electron chi connectivity index (χ0n) is 11.5. The van der Waals surface area contributed by atoms with Crippen LogP contribution in [0.4, 0.5) is 11.4 Å². The van der Waals surface area contributed by atoms with Crippen molar-refractivity contribution in [3.05, 3.63) is 28.3 Å². The summed E-state index contributed by atoms with van der Waals surface area (Å²) >= 11 is 1.53. The number of benzene rings is 1. The zero-order valence-corrected chi connectivity index (χ0v) is 12.3. The third-order valence-corrected chi connectivity index (χ3v) is 4.21. The number of thioether (sulfide) groups is 1.